The molecule has 0 unspecified atom stereocenters. The molecule has 1 aliphatic heterocycles. The van der Waals surface area contributed by atoms with Crippen molar-refractivity contribution in [2.75, 3.05) is 26.3 Å². The highest BCUT2D eigenvalue weighted by atomic mass is 16.3. The number of aliphatic hydroxyl groups excluding tert-OH is 2. The summed E-state index contributed by atoms with van der Waals surface area (Å²) in [6.45, 7) is 4.43. The van der Waals surface area contributed by atoms with E-state index in [1.807, 2.05) is 4.90 Å². The van der Waals surface area contributed by atoms with Crippen LogP contribution in [0.3, 0.4) is 0 Å². The Balaban J connectivity index is 0.000000441. The van der Waals surface area contributed by atoms with Crippen molar-refractivity contribution >= 4 is 11.8 Å². The fourth-order valence-electron chi connectivity index (χ4n) is 1.53. The van der Waals surface area contributed by atoms with Crippen molar-refractivity contribution < 1.29 is 19.8 Å². The van der Waals surface area contributed by atoms with E-state index in [9.17, 15) is 9.59 Å². The molecule has 2 amide bonds. The second-order valence-electron chi connectivity index (χ2n) is 4.40. The predicted octanol–water partition coefficient (Wildman–Crippen LogP) is -1.15. The summed E-state index contributed by atoms with van der Waals surface area (Å²) >= 11 is 0. The third kappa shape index (κ3) is 7.55. The molecular weight excluding hydrogens is 262 g/mol. The van der Waals surface area contributed by atoms with Crippen molar-refractivity contribution in [3.63, 3.8) is 0 Å². The monoisotopic (exact) mass is 285 g/mol. The minimum absolute atomic E-state index is 0.0417. The van der Waals surface area contributed by atoms with Crippen molar-refractivity contribution in [2.45, 2.75) is 19.3 Å². The van der Waals surface area contributed by atoms with Crippen LogP contribution in [0.15, 0.2) is 23.9 Å². The maximum absolute atomic E-state index is 10.8. The molecule has 0 saturated carbocycles. The minimum atomic E-state index is -0.650. The van der Waals surface area contributed by atoms with E-state index in [1.54, 1.807) is 6.20 Å². The van der Waals surface area contributed by atoms with Gasteiger partial charge in [0, 0.05) is 24.9 Å². The van der Waals surface area contributed by atoms with Gasteiger partial charge < -0.3 is 26.6 Å². The maximum Gasteiger partial charge on any atom is 0.248 e. The van der Waals surface area contributed by atoms with Crippen molar-refractivity contribution in [3.8, 4) is 0 Å². The molecule has 7 heteroatoms. The third-order valence-corrected chi connectivity index (χ3v) is 2.76. The Bertz CT molecular complexity index is 374. The van der Waals surface area contributed by atoms with E-state index in [1.165, 1.54) is 6.42 Å². The molecule has 7 nitrogen and oxygen atoms in total. The molecule has 0 aromatic heterocycles. The Morgan fingerprint density at radius 3 is 1.90 bits per heavy atom. The zero-order valence-electron chi connectivity index (χ0n) is 11.5. The lowest BCUT2D eigenvalue weighted by Gasteiger charge is -2.25. The average molecular weight is 285 g/mol. The average Bonchev–Trinajstić information content (AvgIpc) is 2.45. The van der Waals surface area contributed by atoms with Crippen LogP contribution < -0.4 is 11.5 Å². The number of primary amides is 2. The molecule has 0 atom stereocenters. The van der Waals surface area contributed by atoms with E-state index in [0.29, 0.717) is 5.57 Å². The Kier molecular flexibility index (Phi) is 9.06. The van der Waals surface area contributed by atoms with Gasteiger partial charge in [0.15, 0.2) is 0 Å². The highest BCUT2D eigenvalue weighted by molar-refractivity contribution is 5.92. The van der Waals surface area contributed by atoms with Crippen LogP contribution >= 0.6 is 0 Å². The second-order valence-corrected chi connectivity index (χ2v) is 4.40. The van der Waals surface area contributed by atoms with Crippen molar-refractivity contribution in [3.05, 3.63) is 23.9 Å². The number of nitrogens with two attached hydrogens (primary N) is 2. The summed E-state index contributed by atoms with van der Waals surface area (Å²) in [5, 5.41) is 16.9. The highest BCUT2D eigenvalue weighted by Gasteiger charge is 2.09. The number of hydrogen-bond donors (Lipinski definition) is 4. The lowest BCUT2D eigenvalue weighted by molar-refractivity contribution is -0.115. The predicted molar refractivity (Wildman–Crippen MR) is 75.2 cm³/mol. The van der Waals surface area contributed by atoms with Crippen LogP contribution in [0.5, 0.6) is 0 Å². The molecule has 1 fully saturated rings. The molecule has 0 aromatic carbocycles. The fourth-order valence-corrected chi connectivity index (χ4v) is 1.53. The normalized spacial score (nSPS) is 15.1. The molecule has 0 bridgehead atoms. The first-order valence-corrected chi connectivity index (χ1v) is 6.36. The van der Waals surface area contributed by atoms with Crippen LogP contribution in [0.1, 0.15) is 19.3 Å². The first-order chi connectivity index (χ1) is 9.42. The number of piperidine rings is 1. The number of carbonyl (C=O) groups excluding carboxylic acids is 2. The lowest BCUT2D eigenvalue weighted by atomic mass is 10.1. The zero-order chi connectivity index (χ0) is 15.5. The van der Waals surface area contributed by atoms with E-state index < -0.39 is 11.8 Å². The molecule has 0 aliphatic carbocycles. The molecule has 0 radical (unpaired) electrons. The summed E-state index contributed by atoms with van der Waals surface area (Å²) in [5.41, 5.74) is 10.1. The number of likely N-dealkylation sites (tertiary alicyclic amines) is 1. The van der Waals surface area contributed by atoms with Crippen LogP contribution in [0, 0.1) is 0 Å². The van der Waals surface area contributed by atoms with Crippen molar-refractivity contribution in [2.24, 2.45) is 11.5 Å². The van der Waals surface area contributed by atoms with E-state index in [2.05, 4.69) is 12.3 Å². The summed E-state index contributed by atoms with van der Waals surface area (Å²) in [6, 6.07) is 0. The third-order valence-electron chi connectivity index (χ3n) is 2.76. The molecule has 1 saturated heterocycles. The van der Waals surface area contributed by atoms with Gasteiger partial charge in [-0.1, -0.05) is 6.58 Å². The van der Waals surface area contributed by atoms with Gasteiger partial charge in [-0.2, -0.15) is 0 Å². The molecular formula is C13H23N3O4. The molecule has 0 spiro atoms. The van der Waals surface area contributed by atoms with Gasteiger partial charge in [-0.3, -0.25) is 9.59 Å². The molecule has 114 valence electrons. The van der Waals surface area contributed by atoms with Gasteiger partial charge in [-0.15, -0.1) is 0 Å². The van der Waals surface area contributed by atoms with Gasteiger partial charge in [-0.05, 0) is 19.3 Å². The standard InChI is InChI=1S/C9H16N2O2.C4H7NO2/c10-9(13)8(7-12)6-11-4-2-1-3-5-11;1-3(2-6)4(5)7/h6,12H,1-5,7H2,(H2,10,13);6H,1-2H2,(H2,5,7). The van der Waals surface area contributed by atoms with Gasteiger partial charge in [0.1, 0.15) is 0 Å². The highest BCUT2D eigenvalue weighted by Crippen LogP contribution is 2.10. The van der Waals surface area contributed by atoms with Crippen LogP contribution in [-0.2, 0) is 9.59 Å². The van der Waals surface area contributed by atoms with Gasteiger partial charge in [0.25, 0.3) is 0 Å². The first-order valence-electron chi connectivity index (χ1n) is 6.36. The SMILES string of the molecule is C=C(CO)C(N)=O.NC(=O)C(=CN1CCCCC1)CO. The summed E-state index contributed by atoms with van der Waals surface area (Å²) in [4.78, 5) is 22.7. The quantitative estimate of drug-likeness (QED) is 0.474. The minimum Gasteiger partial charge on any atom is -0.391 e. The molecule has 0 aromatic rings. The van der Waals surface area contributed by atoms with E-state index in [-0.39, 0.29) is 18.8 Å². The number of nitrogens with zero attached hydrogens (tertiary/aromatic N) is 1. The maximum atomic E-state index is 10.8. The molecule has 1 rings (SSSR count). The van der Waals surface area contributed by atoms with E-state index in [4.69, 9.17) is 15.9 Å². The van der Waals surface area contributed by atoms with Crippen LogP contribution in [0.2, 0.25) is 0 Å². The summed E-state index contributed by atoms with van der Waals surface area (Å²) in [5.74, 6) is -1.18. The Hall–Kier alpha value is -1.86. The molecule has 1 aliphatic rings. The lowest BCUT2D eigenvalue weighted by Crippen LogP contribution is -2.27. The number of hydrogen-bond acceptors (Lipinski definition) is 5. The first kappa shape index (κ1) is 18.1. The van der Waals surface area contributed by atoms with E-state index in [0.717, 1.165) is 25.9 Å². The second kappa shape index (κ2) is 9.99. The van der Waals surface area contributed by atoms with E-state index >= 15 is 0 Å². The van der Waals surface area contributed by atoms with Gasteiger partial charge >= 0.3 is 0 Å². The summed E-state index contributed by atoms with van der Waals surface area (Å²) < 4.78 is 0. The zero-order valence-corrected chi connectivity index (χ0v) is 11.5. The number of aliphatic hydroxyl groups is 2. The fraction of sp³-hybridized carbons (Fsp3) is 0.538. The van der Waals surface area contributed by atoms with Crippen molar-refractivity contribution in [1.82, 2.24) is 4.90 Å². The summed E-state index contributed by atoms with van der Waals surface area (Å²) in [7, 11) is 0. The molecule has 1 heterocycles. The molecule has 20 heavy (non-hydrogen) atoms. The Labute approximate surface area is 118 Å². The topological polar surface area (TPSA) is 130 Å². The Morgan fingerprint density at radius 2 is 1.60 bits per heavy atom. The van der Waals surface area contributed by atoms with Gasteiger partial charge in [0.05, 0.1) is 18.8 Å². The summed E-state index contributed by atoms with van der Waals surface area (Å²) in [6.07, 6.45) is 5.22. The van der Waals surface area contributed by atoms with Crippen LogP contribution in [0.25, 0.3) is 0 Å². The van der Waals surface area contributed by atoms with Crippen LogP contribution in [0.4, 0.5) is 0 Å². The number of amides is 2. The molecule has 6 N–H and O–H groups in total. The Morgan fingerprint density at radius 1 is 1.05 bits per heavy atom. The largest absolute Gasteiger partial charge is 0.391 e. The van der Waals surface area contributed by atoms with Gasteiger partial charge in [-0.25, -0.2) is 0 Å². The number of carbonyl (C=O) groups is 2. The number of rotatable bonds is 5. The smallest absolute Gasteiger partial charge is 0.248 e. The van der Waals surface area contributed by atoms with Gasteiger partial charge in [0.2, 0.25) is 11.8 Å². The van der Waals surface area contributed by atoms with Crippen LogP contribution in [-0.4, -0.2) is 53.2 Å². The van der Waals surface area contributed by atoms with Crippen molar-refractivity contribution in [1.29, 1.82) is 0 Å².